The summed E-state index contributed by atoms with van der Waals surface area (Å²) in [5.41, 5.74) is 2.01. The SMILES string of the molecule is CCN(C(=O)OC(C)(C)C)c1cc2c(cn1)c(-c1cnn(C)c1)nn2C1CCC(Oc2ccc(F)cc2)CC1. The highest BCUT2D eigenvalue weighted by atomic mass is 19.1. The Bertz CT molecular complexity index is 1450. The van der Waals surface area contributed by atoms with E-state index in [0.29, 0.717) is 18.1 Å². The van der Waals surface area contributed by atoms with Crippen LogP contribution in [-0.4, -0.2) is 48.9 Å². The Morgan fingerprint density at radius 2 is 1.85 bits per heavy atom. The smallest absolute Gasteiger partial charge is 0.415 e. The van der Waals surface area contributed by atoms with Crippen LogP contribution in [0.15, 0.2) is 48.9 Å². The molecule has 0 saturated heterocycles. The van der Waals surface area contributed by atoms with Crippen molar-refractivity contribution in [1.29, 1.82) is 0 Å². The summed E-state index contributed by atoms with van der Waals surface area (Å²) in [5, 5.41) is 10.3. The van der Waals surface area contributed by atoms with Crippen LogP contribution >= 0.6 is 0 Å². The zero-order valence-electron chi connectivity index (χ0n) is 23.1. The van der Waals surface area contributed by atoms with Gasteiger partial charge in [0.25, 0.3) is 0 Å². The van der Waals surface area contributed by atoms with Gasteiger partial charge in [-0.1, -0.05) is 0 Å². The number of halogens is 1. The van der Waals surface area contributed by atoms with Crippen LogP contribution in [0.3, 0.4) is 0 Å². The predicted octanol–water partition coefficient (Wildman–Crippen LogP) is 6.30. The lowest BCUT2D eigenvalue weighted by atomic mass is 9.93. The normalized spacial score (nSPS) is 17.8. The molecule has 0 bridgehead atoms. The van der Waals surface area contributed by atoms with Crippen molar-refractivity contribution >= 4 is 22.8 Å². The zero-order chi connectivity index (χ0) is 27.7. The van der Waals surface area contributed by atoms with Crippen LogP contribution in [0.4, 0.5) is 15.0 Å². The molecule has 10 heteroatoms. The number of anilines is 1. The number of pyridine rings is 1. The summed E-state index contributed by atoms with van der Waals surface area (Å²) in [5.74, 6) is 0.926. The minimum absolute atomic E-state index is 0.0614. The Balaban J connectivity index is 1.45. The summed E-state index contributed by atoms with van der Waals surface area (Å²) in [6, 6.07) is 8.25. The van der Waals surface area contributed by atoms with Gasteiger partial charge in [-0.25, -0.2) is 14.2 Å². The van der Waals surface area contributed by atoms with E-state index in [1.54, 1.807) is 34.1 Å². The van der Waals surface area contributed by atoms with Crippen LogP contribution in [0.5, 0.6) is 5.75 Å². The number of benzene rings is 1. The minimum atomic E-state index is -0.613. The van der Waals surface area contributed by atoms with Crippen molar-refractivity contribution in [3.63, 3.8) is 0 Å². The molecule has 4 aromatic rings. The lowest BCUT2D eigenvalue weighted by molar-refractivity contribution is 0.0581. The van der Waals surface area contributed by atoms with Gasteiger partial charge in [-0.15, -0.1) is 0 Å². The maximum Gasteiger partial charge on any atom is 0.415 e. The molecule has 5 rings (SSSR count). The summed E-state index contributed by atoms with van der Waals surface area (Å²) >= 11 is 0. The molecule has 3 heterocycles. The number of aryl methyl sites for hydroxylation is 1. The third-order valence-electron chi connectivity index (χ3n) is 6.87. The third kappa shape index (κ3) is 5.89. The van der Waals surface area contributed by atoms with Crippen molar-refractivity contribution in [3.8, 4) is 17.0 Å². The van der Waals surface area contributed by atoms with Gasteiger partial charge in [0.1, 0.15) is 28.7 Å². The topological polar surface area (TPSA) is 87.3 Å². The zero-order valence-corrected chi connectivity index (χ0v) is 23.1. The summed E-state index contributed by atoms with van der Waals surface area (Å²) in [6.45, 7) is 7.86. The lowest BCUT2D eigenvalue weighted by Crippen LogP contribution is -2.37. The van der Waals surface area contributed by atoms with Gasteiger partial charge >= 0.3 is 6.09 Å². The van der Waals surface area contributed by atoms with E-state index in [0.717, 1.165) is 47.8 Å². The van der Waals surface area contributed by atoms with E-state index in [-0.39, 0.29) is 18.0 Å². The highest BCUT2D eigenvalue weighted by Crippen LogP contribution is 2.37. The van der Waals surface area contributed by atoms with Crippen LogP contribution in [0.1, 0.15) is 59.4 Å². The van der Waals surface area contributed by atoms with E-state index in [4.69, 9.17) is 14.6 Å². The molecule has 39 heavy (non-hydrogen) atoms. The first kappa shape index (κ1) is 26.6. The van der Waals surface area contributed by atoms with Gasteiger partial charge in [0.15, 0.2) is 0 Å². The fraction of sp³-hybridized carbons (Fsp3) is 0.448. The van der Waals surface area contributed by atoms with E-state index < -0.39 is 11.7 Å². The highest BCUT2D eigenvalue weighted by Gasteiger charge is 2.29. The first-order chi connectivity index (χ1) is 18.6. The summed E-state index contributed by atoms with van der Waals surface area (Å²) in [6.07, 6.45) is 8.59. The van der Waals surface area contributed by atoms with Crippen LogP contribution in [0.25, 0.3) is 22.2 Å². The van der Waals surface area contributed by atoms with Crippen molar-refractivity contribution in [2.24, 2.45) is 7.05 Å². The molecule has 0 radical (unpaired) electrons. The quantitative estimate of drug-likeness (QED) is 0.289. The second-order valence-corrected chi connectivity index (χ2v) is 11.0. The number of hydrogen-bond donors (Lipinski definition) is 0. The molecule has 1 saturated carbocycles. The number of rotatable bonds is 6. The number of aromatic nitrogens is 5. The van der Waals surface area contributed by atoms with Crippen molar-refractivity contribution in [1.82, 2.24) is 24.5 Å². The molecule has 1 amide bonds. The highest BCUT2D eigenvalue weighted by molar-refractivity contribution is 5.96. The number of hydrogen-bond acceptors (Lipinski definition) is 6. The van der Waals surface area contributed by atoms with Gasteiger partial charge in [-0.05, 0) is 77.6 Å². The van der Waals surface area contributed by atoms with Crippen molar-refractivity contribution in [2.75, 3.05) is 11.4 Å². The fourth-order valence-electron chi connectivity index (χ4n) is 5.02. The van der Waals surface area contributed by atoms with E-state index in [1.807, 2.05) is 47.0 Å². The molecule has 3 aromatic heterocycles. The van der Waals surface area contributed by atoms with E-state index in [2.05, 4.69) is 14.8 Å². The Labute approximate surface area is 227 Å². The lowest BCUT2D eigenvalue weighted by Gasteiger charge is -2.30. The average molecular weight is 535 g/mol. The van der Waals surface area contributed by atoms with Crippen molar-refractivity contribution < 1.29 is 18.7 Å². The molecule has 1 aliphatic carbocycles. The third-order valence-corrected chi connectivity index (χ3v) is 6.87. The Hall–Kier alpha value is -3.95. The molecule has 0 unspecified atom stereocenters. The number of fused-ring (bicyclic) bond motifs is 1. The molecular formula is C29H35FN6O3. The molecule has 0 N–H and O–H groups in total. The molecule has 0 aliphatic heterocycles. The molecule has 9 nitrogen and oxygen atoms in total. The number of nitrogens with zero attached hydrogens (tertiary/aromatic N) is 6. The monoisotopic (exact) mass is 534 g/mol. The maximum absolute atomic E-state index is 13.3. The molecular weight excluding hydrogens is 499 g/mol. The van der Waals surface area contributed by atoms with Crippen LogP contribution in [-0.2, 0) is 11.8 Å². The Kier molecular flexibility index (Phi) is 7.29. The summed E-state index contributed by atoms with van der Waals surface area (Å²) in [7, 11) is 1.88. The molecule has 0 spiro atoms. The molecule has 1 fully saturated rings. The van der Waals surface area contributed by atoms with Gasteiger partial charge in [0.05, 0.1) is 23.9 Å². The van der Waals surface area contributed by atoms with Crippen molar-refractivity contribution in [2.45, 2.75) is 71.1 Å². The van der Waals surface area contributed by atoms with E-state index in [9.17, 15) is 9.18 Å². The van der Waals surface area contributed by atoms with Crippen molar-refractivity contribution in [3.05, 3.63) is 54.7 Å². The van der Waals surface area contributed by atoms with E-state index >= 15 is 0 Å². The van der Waals surface area contributed by atoms with Gasteiger partial charge < -0.3 is 9.47 Å². The Morgan fingerprint density at radius 1 is 1.13 bits per heavy atom. The fourth-order valence-corrected chi connectivity index (χ4v) is 5.02. The molecule has 206 valence electrons. The van der Waals surface area contributed by atoms with Crippen LogP contribution in [0, 0.1) is 5.82 Å². The standard InChI is InChI=1S/C29H35FN6O3/c1-6-35(28(37)39-29(2,3)4)26-15-25-24(17-31-26)27(19-16-32-34(5)18-19)33-36(25)21-9-13-23(14-10-21)38-22-11-7-20(30)8-12-22/h7-8,11-12,15-18,21,23H,6,9-10,13-14H2,1-5H3. The maximum atomic E-state index is 13.3. The average Bonchev–Trinajstić information content (AvgIpc) is 3.48. The van der Waals surface area contributed by atoms with Crippen LogP contribution in [0.2, 0.25) is 0 Å². The van der Waals surface area contributed by atoms with Gasteiger partial charge in [-0.2, -0.15) is 10.2 Å². The first-order valence-electron chi connectivity index (χ1n) is 13.4. The number of carbonyl (C=O) groups excluding carboxylic acids is 1. The number of carbonyl (C=O) groups is 1. The Morgan fingerprint density at radius 3 is 2.46 bits per heavy atom. The molecule has 0 atom stereocenters. The van der Waals surface area contributed by atoms with E-state index in [1.165, 1.54) is 12.1 Å². The minimum Gasteiger partial charge on any atom is -0.490 e. The second kappa shape index (κ2) is 10.7. The summed E-state index contributed by atoms with van der Waals surface area (Å²) in [4.78, 5) is 19.1. The second-order valence-electron chi connectivity index (χ2n) is 11.0. The first-order valence-corrected chi connectivity index (χ1v) is 13.4. The molecule has 1 aliphatic rings. The number of amides is 1. The summed E-state index contributed by atoms with van der Waals surface area (Å²) < 4.78 is 28.8. The predicted molar refractivity (Wildman–Crippen MR) is 147 cm³/mol. The van der Waals surface area contributed by atoms with Gasteiger partial charge in [0.2, 0.25) is 0 Å². The van der Waals surface area contributed by atoms with Gasteiger partial charge in [0, 0.05) is 43.0 Å². The van der Waals surface area contributed by atoms with Crippen LogP contribution < -0.4 is 9.64 Å². The molecule has 1 aromatic carbocycles. The number of ether oxygens (including phenoxy) is 2. The largest absolute Gasteiger partial charge is 0.490 e. The van der Waals surface area contributed by atoms with Gasteiger partial charge in [-0.3, -0.25) is 14.3 Å².